The van der Waals surface area contributed by atoms with Crippen molar-refractivity contribution in [2.75, 3.05) is 6.54 Å². The van der Waals surface area contributed by atoms with Crippen molar-refractivity contribution in [1.29, 1.82) is 0 Å². The fourth-order valence-corrected chi connectivity index (χ4v) is 2.30. The van der Waals surface area contributed by atoms with Gasteiger partial charge in [-0.05, 0) is 30.3 Å². The molecule has 8 heteroatoms. The van der Waals surface area contributed by atoms with Gasteiger partial charge in [-0.2, -0.15) is 8.78 Å². The van der Waals surface area contributed by atoms with Gasteiger partial charge < -0.3 is 9.88 Å². The zero-order valence-corrected chi connectivity index (χ0v) is 11.9. The van der Waals surface area contributed by atoms with Crippen LogP contribution < -0.4 is 5.32 Å². The lowest BCUT2D eigenvalue weighted by atomic mass is 10.2. The van der Waals surface area contributed by atoms with Gasteiger partial charge in [-0.15, -0.1) is 0 Å². The van der Waals surface area contributed by atoms with Crippen molar-refractivity contribution in [3.05, 3.63) is 42.6 Å². The summed E-state index contributed by atoms with van der Waals surface area (Å²) in [7, 11) is 0. The molecule has 5 nitrogen and oxygen atoms in total. The number of hydrogen-bond donors (Lipinski definition) is 1. The number of nitrogens with one attached hydrogen (secondary N) is 1. The number of aryl methyl sites for hydroxylation is 1. The second-order valence-corrected chi connectivity index (χ2v) is 5.12. The third-order valence-electron chi connectivity index (χ3n) is 2.65. The molecule has 2 aromatic rings. The number of carbonyl (C=O) groups excluding carboxylic acids is 1. The predicted molar refractivity (Wildman–Crippen MR) is 75.3 cm³/mol. The number of pyridine rings is 1. The molecule has 0 aromatic carbocycles. The second-order valence-electron chi connectivity index (χ2n) is 4.14. The molecule has 0 fully saturated rings. The van der Waals surface area contributed by atoms with Crippen molar-refractivity contribution in [2.45, 2.75) is 23.7 Å². The van der Waals surface area contributed by atoms with Crippen LogP contribution in [0.3, 0.4) is 0 Å². The van der Waals surface area contributed by atoms with E-state index in [1.165, 1.54) is 12.3 Å². The summed E-state index contributed by atoms with van der Waals surface area (Å²) in [6.45, 7) is 1.18. The summed E-state index contributed by atoms with van der Waals surface area (Å²) >= 11 is 0.273. The largest absolute Gasteiger partial charge is 0.352 e. The zero-order valence-electron chi connectivity index (χ0n) is 11.1. The quantitative estimate of drug-likeness (QED) is 0.630. The molecular weight excluding hydrogens is 298 g/mol. The first-order valence-electron chi connectivity index (χ1n) is 6.30. The van der Waals surface area contributed by atoms with Crippen LogP contribution in [0, 0.1) is 0 Å². The molecular formula is C13H14F2N4OS. The van der Waals surface area contributed by atoms with Crippen LogP contribution in [-0.2, 0) is 6.54 Å². The van der Waals surface area contributed by atoms with Crippen LogP contribution in [0.5, 0.6) is 0 Å². The van der Waals surface area contributed by atoms with E-state index in [4.69, 9.17) is 0 Å². The van der Waals surface area contributed by atoms with Crippen LogP contribution in [0.4, 0.5) is 8.78 Å². The molecule has 2 aromatic heterocycles. The van der Waals surface area contributed by atoms with Crippen molar-refractivity contribution >= 4 is 17.7 Å². The van der Waals surface area contributed by atoms with Crippen LogP contribution in [0.1, 0.15) is 16.8 Å². The maximum absolute atomic E-state index is 12.4. The van der Waals surface area contributed by atoms with E-state index in [9.17, 15) is 13.6 Å². The summed E-state index contributed by atoms with van der Waals surface area (Å²) in [6, 6.07) is 3.04. The molecule has 0 aliphatic rings. The number of thioether (sulfide) groups is 1. The average Bonchev–Trinajstić information content (AvgIpc) is 2.96. The third-order valence-corrected chi connectivity index (χ3v) is 3.38. The van der Waals surface area contributed by atoms with Crippen LogP contribution in [0.2, 0.25) is 0 Å². The highest BCUT2D eigenvalue weighted by Crippen LogP contribution is 2.26. The molecule has 1 amide bonds. The second kappa shape index (κ2) is 7.72. The van der Waals surface area contributed by atoms with E-state index in [1.807, 2.05) is 10.8 Å². The SMILES string of the molecule is O=C(NCCCn1ccnc1)c1cccnc1SC(F)F. The van der Waals surface area contributed by atoms with E-state index in [0.717, 1.165) is 13.0 Å². The summed E-state index contributed by atoms with van der Waals surface area (Å²) in [4.78, 5) is 19.7. The molecule has 1 N–H and O–H groups in total. The number of aromatic nitrogens is 3. The zero-order chi connectivity index (χ0) is 15.1. The lowest BCUT2D eigenvalue weighted by Gasteiger charge is -2.08. The summed E-state index contributed by atoms with van der Waals surface area (Å²) in [5.74, 6) is -3.00. The molecule has 0 unspecified atom stereocenters. The Morgan fingerprint density at radius 2 is 2.29 bits per heavy atom. The van der Waals surface area contributed by atoms with Gasteiger partial charge in [0.05, 0.1) is 11.9 Å². The van der Waals surface area contributed by atoms with E-state index >= 15 is 0 Å². The lowest BCUT2D eigenvalue weighted by molar-refractivity contribution is 0.0949. The minimum Gasteiger partial charge on any atom is -0.352 e. The minimum absolute atomic E-state index is 0.0413. The number of imidazole rings is 1. The number of amides is 1. The minimum atomic E-state index is -2.60. The van der Waals surface area contributed by atoms with E-state index in [-0.39, 0.29) is 22.4 Å². The number of halogens is 2. The Balaban J connectivity index is 1.85. The normalized spacial score (nSPS) is 10.8. The molecule has 0 radical (unpaired) electrons. The van der Waals surface area contributed by atoms with Crippen molar-refractivity contribution in [2.24, 2.45) is 0 Å². The highest BCUT2D eigenvalue weighted by molar-refractivity contribution is 7.99. The van der Waals surface area contributed by atoms with Crippen LogP contribution in [0.25, 0.3) is 0 Å². The summed E-state index contributed by atoms with van der Waals surface area (Å²) in [5.41, 5.74) is 0.172. The first-order chi connectivity index (χ1) is 10.2. The Labute approximate surface area is 124 Å². The molecule has 0 aliphatic carbocycles. The van der Waals surface area contributed by atoms with Crippen molar-refractivity contribution in [3.8, 4) is 0 Å². The molecule has 0 bridgehead atoms. The van der Waals surface area contributed by atoms with Gasteiger partial charge in [0.25, 0.3) is 11.7 Å². The lowest BCUT2D eigenvalue weighted by Crippen LogP contribution is -2.26. The van der Waals surface area contributed by atoms with Crippen LogP contribution in [-0.4, -0.2) is 32.7 Å². The number of hydrogen-bond acceptors (Lipinski definition) is 4. The van der Waals surface area contributed by atoms with Crippen molar-refractivity contribution < 1.29 is 13.6 Å². The summed E-state index contributed by atoms with van der Waals surface area (Å²) in [5, 5.41) is 2.75. The molecule has 0 atom stereocenters. The van der Waals surface area contributed by atoms with Crippen LogP contribution in [0.15, 0.2) is 42.1 Å². The fraction of sp³-hybridized carbons (Fsp3) is 0.308. The first-order valence-corrected chi connectivity index (χ1v) is 7.18. The fourth-order valence-electron chi connectivity index (χ4n) is 1.72. The monoisotopic (exact) mass is 312 g/mol. The molecule has 112 valence electrons. The molecule has 0 saturated carbocycles. The van der Waals surface area contributed by atoms with E-state index in [2.05, 4.69) is 15.3 Å². The maximum Gasteiger partial charge on any atom is 0.290 e. The highest BCUT2D eigenvalue weighted by Gasteiger charge is 2.16. The molecule has 0 saturated heterocycles. The highest BCUT2D eigenvalue weighted by atomic mass is 32.2. The predicted octanol–water partition coefficient (Wildman–Crippen LogP) is 2.41. The van der Waals surface area contributed by atoms with Crippen LogP contribution >= 0.6 is 11.8 Å². The Kier molecular flexibility index (Phi) is 5.68. The summed E-state index contributed by atoms with van der Waals surface area (Å²) in [6.07, 6.45) is 7.32. The smallest absolute Gasteiger partial charge is 0.290 e. The standard InChI is InChI=1S/C13H14F2N4OS/c14-13(15)21-12-10(3-1-4-18-12)11(20)17-5-2-7-19-8-6-16-9-19/h1,3-4,6,8-9,13H,2,5,7H2,(H,17,20). The Morgan fingerprint density at radius 3 is 3.00 bits per heavy atom. The van der Waals surface area contributed by atoms with Gasteiger partial charge in [0, 0.05) is 31.7 Å². The van der Waals surface area contributed by atoms with Gasteiger partial charge in [-0.25, -0.2) is 9.97 Å². The van der Waals surface area contributed by atoms with Gasteiger partial charge in [-0.3, -0.25) is 4.79 Å². The number of alkyl halides is 2. The van der Waals surface area contributed by atoms with E-state index < -0.39 is 11.7 Å². The molecule has 0 aliphatic heterocycles. The first kappa shape index (κ1) is 15.4. The number of carbonyl (C=O) groups is 1. The van der Waals surface area contributed by atoms with E-state index in [1.54, 1.807) is 18.6 Å². The van der Waals surface area contributed by atoms with Crippen molar-refractivity contribution in [1.82, 2.24) is 19.9 Å². The van der Waals surface area contributed by atoms with Gasteiger partial charge >= 0.3 is 0 Å². The molecule has 21 heavy (non-hydrogen) atoms. The third kappa shape index (κ3) is 4.82. The molecule has 2 rings (SSSR count). The molecule has 2 heterocycles. The van der Waals surface area contributed by atoms with Gasteiger partial charge in [0.1, 0.15) is 5.03 Å². The number of rotatable bonds is 7. The van der Waals surface area contributed by atoms with Gasteiger partial charge in [0.15, 0.2) is 0 Å². The Hall–Kier alpha value is -1.96. The van der Waals surface area contributed by atoms with Gasteiger partial charge in [0.2, 0.25) is 0 Å². The van der Waals surface area contributed by atoms with Crippen molar-refractivity contribution in [3.63, 3.8) is 0 Å². The Bertz CT molecular complexity index is 577. The number of nitrogens with zero attached hydrogens (tertiary/aromatic N) is 3. The summed E-state index contributed by atoms with van der Waals surface area (Å²) < 4.78 is 26.7. The average molecular weight is 312 g/mol. The van der Waals surface area contributed by atoms with E-state index in [0.29, 0.717) is 6.54 Å². The topological polar surface area (TPSA) is 59.8 Å². The Morgan fingerprint density at radius 1 is 1.43 bits per heavy atom. The maximum atomic E-state index is 12.4. The van der Waals surface area contributed by atoms with Gasteiger partial charge in [-0.1, -0.05) is 0 Å². The molecule has 0 spiro atoms.